The van der Waals surface area contributed by atoms with Gasteiger partial charge in [-0.15, -0.1) is 0 Å². The number of carbonyl (C=O) groups excluding carboxylic acids is 1. The summed E-state index contributed by atoms with van der Waals surface area (Å²) in [5.74, 6) is 0.0622. The molecular formula is C21H46NO3P. The van der Waals surface area contributed by atoms with Crippen LogP contribution in [-0.2, 0) is 9.53 Å². The first kappa shape index (κ1) is 28.0. The maximum Gasteiger partial charge on any atom is 0.227 e. The van der Waals surface area contributed by atoms with Gasteiger partial charge in [0.2, 0.25) is 5.91 Å². The molecule has 5 heteroatoms. The topological polar surface area (TPSA) is 58.6 Å². The van der Waals surface area contributed by atoms with Crippen molar-refractivity contribution in [3.05, 3.63) is 0 Å². The largest absolute Gasteiger partial charge is 0.380 e. The molecule has 0 saturated heterocycles. The molecule has 0 aliphatic heterocycles. The van der Waals surface area contributed by atoms with E-state index in [2.05, 4.69) is 33.0 Å². The third kappa shape index (κ3) is 14.9. The normalized spacial score (nSPS) is 13.0. The van der Waals surface area contributed by atoms with Gasteiger partial charge < -0.3 is 14.9 Å². The fourth-order valence-corrected chi connectivity index (χ4v) is 3.49. The summed E-state index contributed by atoms with van der Waals surface area (Å²) in [5, 5.41) is 3.02. The second kappa shape index (κ2) is 15.8. The minimum atomic E-state index is -0.755. The molecule has 1 unspecified atom stereocenters. The van der Waals surface area contributed by atoms with Crippen molar-refractivity contribution in [2.45, 2.75) is 87.5 Å². The van der Waals surface area contributed by atoms with Crippen molar-refractivity contribution in [2.24, 2.45) is 10.8 Å². The fourth-order valence-electron chi connectivity index (χ4n) is 2.16. The van der Waals surface area contributed by atoms with Gasteiger partial charge in [0.05, 0.1) is 18.6 Å². The number of nitrogens with one attached hydrogen (secondary N) is 1. The molecule has 0 saturated carbocycles. The molecule has 0 spiro atoms. The summed E-state index contributed by atoms with van der Waals surface area (Å²) in [7, 11) is -0.755. The van der Waals surface area contributed by atoms with Crippen LogP contribution in [-0.4, -0.2) is 42.9 Å². The molecule has 0 rings (SSSR count). The van der Waals surface area contributed by atoms with Crippen LogP contribution >= 0.6 is 8.15 Å². The van der Waals surface area contributed by atoms with Crippen LogP contribution in [0.2, 0.25) is 0 Å². The molecule has 0 fully saturated rings. The second-order valence-corrected chi connectivity index (χ2v) is 10.1. The molecule has 0 heterocycles. The highest BCUT2D eigenvalue weighted by atomic mass is 31.1. The molecule has 0 radical (unpaired) electrons. The highest BCUT2D eigenvalue weighted by Gasteiger charge is 2.28. The molecular weight excluding hydrogens is 345 g/mol. The minimum Gasteiger partial charge on any atom is -0.380 e. The van der Waals surface area contributed by atoms with E-state index in [4.69, 9.17) is 4.74 Å². The van der Waals surface area contributed by atoms with Gasteiger partial charge in [0.15, 0.2) is 0 Å². The van der Waals surface area contributed by atoms with Gasteiger partial charge in [-0.25, -0.2) is 0 Å². The molecule has 4 nitrogen and oxygen atoms in total. The zero-order valence-corrected chi connectivity index (χ0v) is 19.7. The van der Waals surface area contributed by atoms with Gasteiger partial charge in [0.1, 0.15) is 0 Å². The predicted molar refractivity (Wildman–Crippen MR) is 116 cm³/mol. The Morgan fingerprint density at radius 2 is 1.62 bits per heavy atom. The Balaban J connectivity index is 0. The van der Waals surface area contributed by atoms with Crippen LogP contribution in [0.25, 0.3) is 0 Å². The SMILES string of the molecule is CC.CCCP(O)CCCCCNC(=O)C(C)(C)COCC(C)(C)CC. The molecule has 1 amide bonds. The number of rotatable bonds is 14. The summed E-state index contributed by atoms with van der Waals surface area (Å²) in [4.78, 5) is 22.0. The van der Waals surface area contributed by atoms with Crippen LogP contribution in [0.5, 0.6) is 0 Å². The number of ether oxygens (including phenoxy) is 1. The van der Waals surface area contributed by atoms with Gasteiger partial charge >= 0.3 is 0 Å². The van der Waals surface area contributed by atoms with E-state index in [9.17, 15) is 9.69 Å². The molecule has 0 aliphatic carbocycles. The molecule has 0 bridgehead atoms. The lowest BCUT2D eigenvalue weighted by Gasteiger charge is -2.27. The predicted octanol–water partition coefficient (Wildman–Crippen LogP) is 5.58. The summed E-state index contributed by atoms with van der Waals surface area (Å²) >= 11 is 0. The minimum absolute atomic E-state index is 0.0622. The fraction of sp³-hybridized carbons (Fsp3) is 0.952. The maximum atomic E-state index is 12.3. The van der Waals surface area contributed by atoms with Crippen molar-refractivity contribution in [2.75, 3.05) is 32.1 Å². The van der Waals surface area contributed by atoms with Gasteiger partial charge in [-0.05, 0) is 50.8 Å². The summed E-state index contributed by atoms with van der Waals surface area (Å²) in [6.45, 7) is 18.3. The molecule has 158 valence electrons. The number of amides is 1. The number of hydrogen-bond acceptors (Lipinski definition) is 3. The van der Waals surface area contributed by atoms with Crippen LogP contribution < -0.4 is 5.32 Å². The summed E-state index contributed by atoms with van der Waals surface area (Å²) in [6.07, 6.45) is 7.10. The highest BCUT2D eigenvalue weighted by molar-refractivity contribution is 7.51. The zero-order chi connectivity index (χ0) is 20.6. The van der Waals surface area contributed by atoms with Crippen LogP contribution in [0.3, 0.4) is 0 Å². The van der Waals surface area contributed by atoms with Gasteiger partial charge in [-0.3, -0.25) is 4.79 Å². The van der Waals surface area contributed by atoms with Crippen LogP contribution in [0, 0.1) is 10.8 Å². The lowest BCUT2D eigenvalue weighted by molar-refractivity contribution is -0.133. The quantitative estimate of drug-likeness (QED) is 0.300. The molecule has 0 aliphatic rings. The third-order valence-electron chi connectivity index (χ3n) is 4.39. The Labute approximate surface area is 164 Å². The van der Waals surface area contributed by atoms with Gasteiger partial charge in [0, 0.05) is 14.7 Å². The van der Waals surface area contributed by atoms with Crippen molar-refractivity contribution in [1.29, 1.82) is 0 Å². The average molecular weight is 392 g/mol. The van der Waals surface area contributed by atoms with Crippen molar-refractivity contribution in [3.63, 3.8) is 0 Å². The first-order chi connectivity index (χ1) is 12.1. The Kier molecular flexibility index (Phi) is 17.1. The number of unbranched alkanes of at least 4 members (excludes halogenated alkanes) is 2. The van der Waals surface area contributed by atoms with Crippen LogP contribution in [0.4, 0.5) is 0 Å². The van der Waals surface area contributed by atoms with Crippen LogP contribution in [0.1, 0.15) is 87.5 Å². The van der Waals surface area contributed by atoms with Crippen molar-refractivity contribution in [3.8, 4) is 0 Å². The van der Waals surface area contributed by atoms with Gasteiger partial charge in [-0.2, -0.15) is 0 Å². The van der Waals surface area contributed by atoms with Crippen molar-refractivity contribution < 1.29 is 14.4 Å². The Morgan fingerprint density at radius 1 is 1.00 bits per heavy atom. The van der Waals surface area contributed by atoms with E-state index in [1.807, 2.05) is 27.7 Å². The lowest BCUT2D eigenvalue weighted by atomic mass is 9.90. The van der Waals surface area contributed by atoms with E-state index in [-0.39, 0.29) is 11.3 Å². The van der Waals surface area contributed by atoms with Gasteiger partial charge in [-0.1, -0.05) is 54.4 Å². The molecule has 26 heavy (non-hydrogen) atoms. The monoisotopic (exact) mass is 391 g/mol. The van der Waals surface area contributed by atoms with Gasteiger partial charge in [0.25, 0.3) is 0 Å². The first-order valence-electron chi connectivity index (χ1n) is 10.4. The molecule has 0 aromatic rings. The third-order valence-corrected chi connectivity index (χ3v) is 6.18. The number of hydrogen-bond donors (Lipinski definition) is 2. The molecule has 2 N–H and O–H groups in total. The smallest absolute Gasteiger partial charge is 0.227 e. The molecule has 0 aromatic carbocycles. The average Bonchev–Trinajstić information content (AvgIpc) is 2.59. The van der Waals surface area contributed by atoms with Crippen molar-refractivity contribution >= 4 is 14.1 Å². The highest BCUT2D eigenvalue weighted by Crippen LogP contribution is 2.31. The molecule has 1 atom stereocenters. The zero-order valence-electron chi connectivity index (χ0n) is 18.8. The van der Waals surface area contributed by atoms with Crippen LogP contribution in [0.15, 0.2) is 0 Å². The van der Waals surface area contributed by atoms with Crippen molar-refractivity contribution in [1.82, 2.24) is 5.32 Å². The van der Waals surface area contributed by atoms with E-state index >= 15 is 0 Å². The van der Waals surface area contributed by atoms with E-state index in [0.717, 1.165) is 44.4 Å². The van der Waals surface area contributed by atoms with E-state index < -0.39 is 13.6 Å². The summed E-state index contributed by atoms with van der Waals surface area (Å²) in [5.41, 5.74) is -0.333. The maximum absolute atomic E-state index is 12.3. The first-order valence-corrected chi connectivity index (χ1v) is 12.1. The van der Waals surface area contributed by atoms with E-state index in [0.29, 0.717) is 19.8 Å². The Bertz CT molecular complexity index is 346. The van der Waals surface area contributed by atoms with E-state index in [1.54, 1.807) is 0 Å². The Hall–Kier alpha value is -0.180. The van der Waals surface area contributed by atoms with E-state index in [1.165, 1.54) is 0 Å². The summed E-state index contributed by atoms with van der Waals surface area (Å²) < 4.78 is 5.78. The lowest BCUT2D eigenvalue weighted by Crippen LogP contribution is -2.41. The summed E-state index contributed by atoms with van der Waals surface area (Å²) in [6, 6.07) is 0. The molecule has 0 aromatic heterocycles. The standard InChI is InChI=1S/C19H40NO3P.C2H6/c1-7-13-24(22)14-11-9-10-12-20-17(21)19(5,6)16-23-15-18(3,4)8-2;1-2/h22H,7-16H2,1-6H3,(H,20,21);1-2H3. The Morgan fingerprint density at radius 3 is 2.15 bits per heavy atom. The number of carbonyl (C=O) groups is 1. The second-order valence-electron chi connectivity index (χ2n) is 8.16.